The number of thiazole rings is 1. The SMILES string of the molecule is CC(=O)Nc1nc2ccc(NC(=O)C(C)CN)cc2s1. The first-order valence-electron chi connectivity index (χ1n) is 6.18. The van der Waals surface area contributed by atoms with Crippen molar-refractivity contribution in [3.8, 4) is 0 Å². The van der Waals surface area contributed by atoms with Crippen molar-refractivity contribution in [2.45, 2.75) is 13.8 Å². The monoisotopic (exact) mass is 292 g/mol. The van der Waals surface area contributed by atoms with Gasteiger partial charge < -0.3 is 16.4 Å². The van der Waals surface area contributed by atoms with Gasteiger partial charge in [0.05, 0.1) is 10.2 Å². The van der Waals surface area contributed by atoms with Gasteiger partial charge in [0.1, 0.15) is 0 Å². The molecule has 1 aromatic heterocycles. The van der Waals surface area contributed by atoms with Crippen molar-refractivity contribution in [2.24, 2.45) is 11.7 Å². The number of rotatable bonds is 4. The van der Waals surface area contributed by atoms with Crippen molar-refractivity contribution in [1.29, 1.82) is 0 Å². The van der Waals surface area contributed by atoms with Gasteiger partial charge in [-0.2, -0.15) is 0 Å². The molecule has 6 nitrogen and oxygen atoms in total. The summed E-state index contributed by atoms with van der Waals surface area (Å²) >= 11 is 1.36. The fraction of sp³-hybridized carbons (Fsp3) is 0.308. The molecule has 1 unspecified atom stereocenters. The number of nitrogens with two attached hydrogens (primary N) is 1. The average Bonchev–Trinajstić information content (AvgIpc) is 2.78. The number of nitrogens with one attached hydrogen (secondary N) is 2. The minimum Gasteiger partial charge on any atom is -0.330 e. The molecule has 20 heavy (non-hydrogen) atoms. The zero-order chi connectivity index (χ0) is 14.7. The van der Waals surface area contributed by atoms with E-state index in [1.165, 1.54) is 18.3 Å². The molecule has 1 atom stereocenters. The van der Waals surface area contributed by atoms with Gasteiger partial charge in [-0.15, -0.1) is 0 Å². The van der Waals surface area contributed by atoms with Crippen LogP contribution in [0.25, 0.3) is 10.2 Å². The topological polar surface area (TPSA) is 97.1 Å². The van der Waals surface area contributed by atoms with Crippen LogP contribution in [0.4, 0.5) is 10.8 Å². The van der Waals surface area contributed by atoms with Crippen molar-refractivity contribution in [3.63, 3.8) is 0 Å². The molecule has 106 valence electrons. The number of hydrogen-bond acceptors (Lipinski definition) is 5. The molecule has 0 fully saturated rings. The molecule has 2 aromatic rings. The predicted octanol–water partition coefficient (Wildman–Crippen LogP) is 1.79. The minimum atomic E-state index is -0.234. The maximum atomic E-state index is 11.8. The number of benzene rings is 1. The van der Waals surface area contributed by atoms with Crippen LogP contribution in [0.1, 0.15) is 13.8 Å². The zero-order valence-corrected chi connectivity index (χ0v) is 12.1. The molecule has 0 radical (unpaired) electrons. The van der Waals surface area contributed by atoms with E-state index in [-0.39, 0.29) is 17.7 Å². The molecular formula is C13H16N4O2S. The fourth-order valence-electron chi connectivity index (χ4n) is 1.58. The van der Waals surface area contributed by atoms with Crippen LogP contribution in [0.3, 0.4) is 0 Å². The Balaban J connectivity index is 2.20. The molecule has 4 N–H and O–H groups in total. The average molecular weight is 292 g/mol. The standard InChI is InChI=1S/C13H16N4O2S/c1-7(6-14)12(19)16-9-3-4-10-11(5-9)20-13(17-10)15-8(2)18/h3-5,7H,6,14H2,1-2H3,(H,16,19)(H,15,17,18). The summed E-state index contributed by atoms with van der Waals surface area (Å²) in [6.07, 6.45) is 0. The van der Waals surface area contributed by atoms with E-state index >= 15 is 0 Å². The zero-order valence-electron chi connectivity index (χ0n) is 11.3. The molecule has 2 rings (SSSR count). The molecule has 0 saturated heterocycles. The summed E-state index contributed by atoms with van der Waals surface area (Å²) in [6.45, 7) is 3.52. The summed E-state index contributed by atoms with van der Waals surface area (Å²) in [4.78, 5) is 27.0. The van der Waals surface area contributed by atoms with Crippen LogP contribution in [0.2, 0.25) is 0 Å². The lowest BCUT2D eigenvalue weighted by molar-refractivity contribution is -0.119. The van der Waals surface area contributed by atoms with Gasteiger partial charge in [0, 0.05) is 25.1 Å². The van der Waals surface area contributed by atoms with E-state index in [0.29, 0.717) is 17.4 Å². The number of anilines is 2. The van der Waals surface area contributed by atoms with Crippen molar-refractivity contribution < 1.29 is 9.59 Å². The molecule has 2 amide bonds. The predicted molar refractivity (Wildman–Crippen MR) is 80.8 cm³/mol. The Bertz CT molecular complexity index is 653. The highest BCUT2D eigenvalue weighted by molar-refractivity contribution is 7.22. The van der Waals surface area contributed by atoms with Crippen molar-refractivity contribution >= 4 is 44.2 Å². The number of carbonyl (C=O) groups excluding carboxylic acids is 2. The van der Waals surface area contributed by atoms with Gasteiger partial charge in [0.2, 0.25) is 11.8 Å². The number of aromatic nitrogens is 1. The Labute approximate surface area is 120 Å². The highest BCUT2D eigenvalue weighted by Crippen LogP contribution is 2.28. The summed E-state index contributed by atoms with van der Waals surface area (Å²) in [7, 11) is 0. The van der Waals surface area contributed by atoms with Crippen molar-refractivity contribution in [3.05, 3.63) is 18.2 Å². The van der Waals surface area contributed by atoms with Gasteiger partial charge in [0.25, 0.3) is 0 Å². The van der Waals surface area contributed by atoms with Gasteiger partial charge >= 0.3 is 0 Å². The summed E-state index contributed by atoms with van der Waals surface area (Å²) in [6, 6.07) is 5.42. The maximum Gasteiger partial charge on any atom is 0.228 e. The summed E-state index contributed by atoms with van der Waals surface area (Å²) in [5.41, 5.74) is 6.93. The molecular weight excluding hydrogens is 276 g/mol. The Morgan fingerprint density at radius 2 is 2.15 bits per heavy atom. The lowest BCUT2D eigenvalue weighted by Crippen LogP contribution is -2.26. The Hall–Kier alpha value is -1.99. The molecule has 1 heterocycles. The third-order valence-electron chi connectivity index (χ3n) is 2.74. The van der Waals surface area contributed by atoms with E-state index in [1.807, 2.05) is 6.07 Å². The summed E-state index contributed by atoms with van der Waals surface area (Å²) < 4.78 is 0.895. The molecule has 0 aliphatic heterocycles. The third kappa shape index (κ3) is 3.31. The second kappa shape index (κ2) is 5.98. The highest BCUT2D eigenvalue weighted by atomic mass is 32.1. The van der Waals surface area contributed by atoms with E-state index in [2.05, 4.69) is 15.6 Å². The molecule has 0 aliphatic rings. The number of fused-ring (bicyclic) bond motifs is 1. The normalized spacial score (nSPS) is 12.2. The number of amides is 2. The van der Waals surface area contributed by atoms with Gasteiger partial charge in [-0.05, 0) is 18.2 Å². The van der Waals surface area contributed by atoms with Gasteiger partial charge in [0.15, 0.2) is 5.13 Å². The van der Waals surface area contributed by atoms with Gasteiger partial charge in [-0.3, -0.25) is 9.59 Å². The lowest BCUT2D eigenvalue weighted by atomic mass is 10.1. The lowest BCUT2D eigenvalue weighted by Gasteiger charge is -2.09. The molecule has 0 aliphatic carbocycles. The van der Waals surface area contributed by atoms with Crippen LogP contribution in [0.15, 0.2) is 18.2 Å². The summed E-state index contributed by atoms with van der Waals surface area (Å²) in [5.74, 6) is -0.505. The summed E-state index contributed by atoms with van der Waals surface area (Å²) in [5, 5.41) is 6.00. The quantitative estimate of drug-likeness (QED) is 0.800. The van der Waals surface area contributed by atoms with Crippen LogP contribution in [0.5, 0.6) is 0 Å². The first kappa shape index (κ1) is 14.4. The fourth-order valence-corrected chi connectivity index (χ4v) is 2.53. The molecule has 7 heteroatoms. The second-order valence-corrected chi connectivity index (χ2v) is 5.54. The molecule has 1 aromatic carbocycles. The van der Waals surface area contributed by atoms with Crippen LogP contribution in [0, 0.1) is 5.92 Å². The van der Waals surface area contributed by atoms with Gasteiger partial charge in [-0.1, -0.05) is 18.3 Å². The first-order chi connectivity index (χ1) is 9.49. The Kier molecular flexibility index (Phi) is 4.31. The van der Waals surface area contributed by atoms with Gasteiger partial charge in [-0.25, -0.2) is 4.98 Å². The largest absolute Gasteiger partial charge is 0.330 e. The number of nitrogens with zero attached hydrogens (tertiary/aromatic N) is 1. The Morgan fingerprint density at radius 3 is 2.80 bits per heavy atom. The Morgan fingerprint density at radius 1 is 1.40 bits per heavy atom. The van der Waals surface area contributed by atoms with E-state index in [9.17, 15) is 9.59 Å². The van der Waals surface area contributed by atoms with E-state index in [0.717, 1.165) is 10.2 Å². The molecule has 0 bridgehead atoms. The number of hydrogen-bond donors (Lipinski definition) is 3. The van der Waals surface area contributed by atoms with E-state index in [1.54, 1.807) is 19.1 Å². The number of carbonyl (C=O) groups is 2. The van der Waals surface area contributed by atoms with Crippen molar-refractivity contribution in [1.82, 2.24) is 4.98 Å². The smallest absolute Gasteiger partial charge is 0.228 e. The van der Waals surface area contributed by atoms with Crippen LogP contribution in [-0.2, 0) is 9.59 Å². The van der Waals surface area contributed by atoms with Crippen LogP contribution >= 0.6 is 11.3 Å². The molecule has 0 spiro atoms. The van der Waals surface area contributed by atoms with Crippen molar-refractivity contribution in [2.75, 3.05) is 17.2 Å². The second-order valence-electron chi connectivity index (χ2n) is 4.51. The van der Waals surface area contributed by atoms with E-state index < -0.39 is 0 Å². The van der Waals surface area contributed by atoms with E-state index in [4.69, 9.17) is 5.73 Å². The first-order valence-corrected chi connectivity index (χ1v) is 7.00. The maximum absolute atomic E-state index is 11.8. The van der Waals surface area contributed by atoms with Crippen LogP contribution < -0.4 is 16.4 Å². The third-order valence-corrected chi connectivity index (χ3v) is 3.67. The highest BCUT2D eigenvalue weighted by Gasteiger charge is 2.12. The molecule has 0 saturated carbocycles. The van der Waals surface area contributed by atoms with Crippen LogP contribution in [-0.4, -0.2) is 23.3 Å². The minimum absolute atomic E-state index is 0.113.